The number of halogens is 1. The first-order valence-electron chi connectivity index (χ1n) is 8.11. The van der Waals surface area contributed by atoms with Gasteiger partial charge in [-0.2, -0.15) is 0 Å². The molecule has 0 spiro atoms. The second-order valence-corrected chi connectivity index (χ2v) is 6.92. The predicted molar refractivity (Wildman–Crippen MR) is 113 cm³/mol. The third-order valence-corrected chi connectivity index (χ3v) is 4.41. The Hall–Kier alpha value is -2.56. The molecule has 2 aromatic carbocycles. The SMILES string of the molecule is COCCOc1ccc(Br)cc1C(=O)NC(=S)Nc1cccc([N+](=O)[O-])c1C. The molecule has 2 aromatic rings. The first-order chi connectivity index (χ1) is 13.3. The van der Waals surface area contributed by atoms with Crippen LogP contribution in [0.15, 0.2) is 40.9 Å². The van der Waals surface area contributed by atoms with Gasteiger partial charge >= 0.3 is 0 Å². The molecule has 10 heteroatoms. The fourth-order valence-electron chi connectivity index (χ4n) is 2.32. The number of anilines is 1. The smallest absolute Gasteiger partial charge is 0.274 e. The maximum Gasteiger partial charge on any atom is 0.274 e. The average molecular weight is 468 g/mol. The zero-order valence-corrected chi connectivity index (χ0v) is 17.6. The highest BCUT2D eigenvalue weighted by Gasteiger charge is 2.17. The molecular weight excluding hydrogens is 450 g/mol. The number of nitrogens with one attached hydrogen (secondary N) is 2. The number of methoxy groups -OCH3 is 1. The van der Waals surface area contributed by atoms with Crippen LogP contribution < -0.4 is 15.4 Å². The van der Waals surface area contributed by atoms with Crippen molar-refractivity contribution in [3.05, 3.63) is 62.1 Å². The highest BCUT2D eigenvalue weighted by Crippen LogP contribution is 2.26. The number of carbonyl (C=O) groups is 1. The zero-order valence-electron chi connectivity index (χ0n) is 15.2. The molecule has 0 aliphatic carbocycles. The van der Waals surface area contributed by atoms with E-state index in [2.05, 4.69) is 26.6 Å². The number of ether oxygens (including phenoxy) is 2. The summed E-state index contributed by atoms with van der Waals surface area (Å²) in [5.41, 5.74) is 1.09. The van der Waals surface area contributed by atoms with E-state index in [1.54, 1.807) is 38.3 Å². The molecule has 2 N–H and O–H groups in total. The first kappa shape index (κ1) is 21.7. The number of thiocarbonyl (C=S) groups is 1. The highest BCUT2D eigenvalue weighted by atomic mass is 79.9. The van der Waals surface area contributed by atoms with E-state index in [-0.39, 0.29) is 23.0 Å². The summed E-state index contributed by atoms with van der Waals surface area (Å²) in [5.74, 6) is -0.0959. The second-order valence-electron chi connectivity index (χ2n) is 5.60. The number of nitrogens with zero attached hydrogens (tertiary/aromatic N) is 1. The number of hydrogen-bond donors (Lipinski definition) is 2. The van der Waals surface area contributed by atoms with Crippen LogP contribution in [0, 0.1) is 17.0 Å². The fraction of sp³-hybridized carbons (Fsp3) is 0.222. The number of benzene rings is 2. The minimum absolute atomic E-state index is 0.0106. The van der Waals surface area contributed by atoms with Gasteiger partial charge in [0.1, 0.15) is 12.4 Å². The molecule has 0 bridgehead atoms. The summed E-state index contributed by atoms with van der Waals surface area (Å²) in [6.45, 7) is 2.26. The number of nitro groups is 1. The van der Waals surface area contributed by atoms with Gasteiger partial charge < -0.3 is 14.8 Å². The van der Waals surface area contributed by atoms with Gasteiger partial charge in [-0.1, -0.05) is 22.0 Å². The number of carbonyl (C=O) groups excluding carboxylic acids is 1. The van der Waals surface area contributed by atoms with Gasteiger partial charge in [0, 0.05) is 17.6 Å². The molecule has 8 nitrogen and oxygen atoms in total. The van der Waals surface area contributed by atoms with Gasteiger partial charge in [0.15, 0.2) is 5.11 Å². The molecule has 148 valence electrons. The van der Waals surface area contributed by atoms with Crippen molar-refractivity contribution in [2.24, 2.45) is 0 Å². The van der Waals surface area contributed by atoms with Gasteiger partial charge in [-0.05, 0) is 43.4 Å². The average Bonchev–Trinajstić information content (AvgIpc) is 2.64. The van der Waals surface area contributed by atoms with Gasteiger partial charge in [0.2, 0.25) is 0 Å². The van der Waals surface area contributed by atoms with Crippen molar-refractivity contribution >= 4 is 50.5 Å². The molecule has 28 heavy (non-hydrogen) atoms. The third-order valence-electron chi connectivity index (χ3n) is 3.71. The van der Waals surface area contributed by atoms with Crippen molar-refractivity contribution in [3.63, 3.8) is 0 Å². The molecule has 0 aromatic heterocycles. The van der Waals surface area contributed by atoms with Crippen molar-refractivity contribution < 1.29 is 19.2 Å². The van der Waals surface area contributed by atoms with Crippen LogP contribution >= 0.6 is 28.1 Å². The van der Waals surface area contributed by atoms with Crippen LogP contribution in [-0.2, 0) is 4.74 Å². The largest absolute Gasteiger partial charge is 0.490 e. The van der Waals surface area contributed by atoms with Gasteiger partial charge in [0.25, 0.3) is 11.6 Å². The molecule has 0 saturated carbocycles. The summed E-state index contributed by atoms with van der Waals surface area (Å²) in [7, 11) is 1.55. The quantitative estimate of drug-likeness (QED) is 0.276. The molecule has 0 fully saturated rings. The maximum absolute atomic E-state index is 12.6. The zero-order chi connectivity index (χ0) is 20.7. The second kappa shape index (κ2) is 10.1. The van der Waals surface area contributed by atoms with Crippen molar-refractivity contribution in [1.29, 1.82) is 0 Å². The molecule has 0 unspecified atom stereocenters. The van der Waals surface area contributed by atoms with Crippen LogP contribution in [0.1, 0.15) is 15.9 Å². The molecule has 0 saturated heterocycles. The Morgan fingerprint density at radius 3 is 2.71 bits per heavy atom. The Kier molecular flexibility index (Phi) is 7.85. The van der Waals surface area contributed by atoms with Gasteiger partial charge in [-0.15, -0.1) is 0 Å². The van der Waals surface area contributed by atoms with Crippen molar-refractivity contribution in [1.82, 2.24) is 5.32 Å². The lowest BCUT2D eigenvalue weighted by Gasteiger charge is -2.14. The van der Waals surface area contributed by atoms with Crippen molar-refractivity contribution in [2.45, 2.75) is 6.92 Å². The summed E-state index contributed by atoms with van der Waals surface area (Å²) < 4.78 is 11.2. The predicted octanol–water partition coefficient (Wildman–Crippen LogP) is 3.82. The summed E-state index contributed by atoms with van der Waals surface area (Å²) in [6.07, 6.45) is 0. The number of hydrogen-bond acceptors (Lipinski definition) is 6. The van der Waals surface area contributed by atoms with E-state index in [9.17, 15) is 14.9 Å². The van der Waals surface area contributed by atoms with Gasteiger partial charge in [-0.3, -0.25) is 20.2 Å². The van der Waals surface area contributed by atoms with Crippen LogP contribution in [0.2, 0.25) is 0 Å². The first-order valence-corrected chi connectivity index (χ1v) is 9.31. The standard InChI is InChI=1S/C18H18BrN3O5S/c1-11-14(4-3-5-15(11)22(24)25)20-18(28)21-17(23)13-10-12(19)6-7-16(13)27-9-8-26-2/h3-7,10H,8-9H2,1-2H3,(H2,20,21,23,28). The van der Waals surface area contributed by atoms with Crippen molar-refractivity contribution in [3.8, 4) is 5.75 Å². The summed E-state index contributed by atoms with van der Waals surface area (Å²) in [4.78, 5) is 23.2. The Balaban J connectivity index is 2.13. The van der Waals surface area contributed by atoms with Crippen LogP contribution in [0.3, 0.4) is 0 Å². The lowest BCUT2D eigenvalue weighted by molar-refractivity contribution is -0.385. The van der Waals surface area contributed by atoms with Crippen molar-refractivity contribution in [2.75, 3.05) is 25.6 Å². The minimum atomic E-state index is -0.479. The number of nitro benzene ring substituents is 1. The molecule has 0 aliphatic rings. The summed E-state index contributed by atoms with van der Waals surface area (Å²) in [5, 5.41) is 16.4. The maximum atomic E-state index is 12.6. The Morgan fingerprint density at radius 2 is 2.04 bits per heavy atom. The topological polar surface area (TPSA) is 103 Å². The van der Waals surface area contributed by atoms with E-state index in [0.29, 0.717) is 28.1 Å². The van der Waals surface area contributed by atoms with E-state index < -0.39 is 10.8 Å². The lowest BCUT2D eigenvalue weighted by atomic mass is 10.1. The Morgan fingerprint density at radius 1 is 1.29 bits per heavy atom. The van der Waals surface area contributed by atoms with Crippen LogP contribution in [0.25, 0.3) is 0 Å². The Bertz CT molecular complexity index is 907. The molecule has 0 aliphatic heterocycles. The minimum Gasteiger partial charge on any atom is -0.490 e. The summed E-state index contributed by atoms with van der Waals surface area (Å²) >= 11 is 8.50. The van der Waals surface area contributed by atoms with Gasteiger partial charge in [-0.25, -0.2) is 0 Å². The van der Waals surface area contributed by atoms with Crippen LogP contribution in [-0.4, -0.2) is 36.3 Å². The molecule has 0 radical (unpaired) electrons. The van der Waals surface area contributed by atoms with Crippen LogP contribution in [0.4, 0.5) is 11.4 Å². The monoisotopic (exact) mass is 467 g/mol. The van der Waals surface area contributed by atoms with E-state index in [1.807, 2.05) is 0 Å². The van der Waals surface area contributed by atoms with E-state index in [4.69, 9.17) is 21.7 Å². The third kappa shape index (κ3) is 5.72. The van der Waals surface area contributed by atoms with E-state index >= 15 is 0 Å². The molecular formula is C18H18BrN3O5S. The number of rotatable bonds is 7. The molecule has 1 amide bonds. The van der Waals surface area contributed by atoms with Gasteiger partial charge in [0.05, 0.1) is 28.3 Å². The lowest BCUT2D eigenvalue weighted by Crippen LogP contribution is -2.34. The normalized spacial score (nSPS) is 10.2. The fourth-order valence-corrected chi connectivity index (χ4v) is 2.88. The van der Waals surface area contributed by atoms with Crippen LogP contribution in [0.5, 0.6) is 5.75 Å². The number of amides is 1. The Labute approximate surface area is 175 Å². The molecule has 0 heterocycles. The molecule has 0 atom stereocenters. The van der Waals surface area contributed by atoms with E-state index in [0.717, 1.165) is 0 Å². The summed E-state index contributed by atoms with van der Waals surface area (Å²) in [6, 6.07) is 9.59. The molecule has 2 rings (SSSR count). The highest BCUT2D eigenvalue weighted by molar-refractivity contribution is 9.10. The van der Waals surface area contributed by atoms with E-state index in [1.165, 1.54) is 12.1 Å².